The Labute approximate surface area is 166 Å². The summed E-state index contributed by atoms with van der Waals surface area (Å²) in [5.41, 5.74) is 1.64. The average Bonchev–Trinajstić information content (AvgIpc) is 2.67. The van der Waals surface area contributed by atoms with Crippen LogP contribution in [0.15, 0.2) is 57.8 Å². The first-order valence-corrected chi connectivity index (χ1v) is 9.89. The molecule has 0 saturated heterocycles. The number of rotatable bonds is 7. The lowest BCUT2D eigenvalue weighted by Crippen LogP contribution is -2.28. The number of aromatic amines is 1. The molecule has 0 bridgehead atoms. The van der Waals surface area contributed by atoms with Crippen molar-refractivity contribution in [1.29, 1.82) is 0 Å². The first kappa shape index (κ1) is 19.3. The lowest BCUT2D eigenvalue weighted by Gasteiger charge is -2.17. The van der Waals surface area contributed by atoms with Crippen LogP contribution in [-0.2, 0) is 11.2 Å². The number of aromatic nitrogens is 2. The molecule has 27 heavy (non-hydrogen) atoms. The molecule has 1 aromatic heterocycles. The SMILES string of the molecule is CC[C@@H](NC(=O)CCCc1nc2ccccc2c(=O)[nH]1)c1ccc(Br)cc1. The van der Waals surface area contributed by atoms with E-state index in [1.807, 2.05) is 42.5 Å². The summed E-state index contributed by atoms with van der Waals surface area (Å²) in [5.74, 6) is 0.624. The molecule has 0 saturated carbocycles. The van der Waals surface area contributed by atoms with Crippen molar-refractivity contribution >= 4 is 32.7 Å². The standard InChI is InChI=1S/C21H22BrN3O2/c1-2-17(14-10-12-15(22)13-11-14)24-20(26)9-5-8-19-23-18-7-4-3-6-16(18)21(27)25-19/h3-4,6-7,10-13,17H,2,5,8-9H2,1H3,(H,24,26)(H,23,25,27)/t17-/m1/s1. The highest BCUT2D eigenvalue weighted by atomic mass is 79.9. The predicted molar refractivity (Wildman–Crippen MR) is 111 cm³/mol. The van der Waals surface area contributed by atoms with Gasteiger partial charge in [0.1, 0.15) is 5.82 Å². The third kappa shape index (κ3) is 5.04. The second-order valence-electron chi connectivity index (χ2n) is 6.46. The first-order chi connectivity index (χ1) is 13.1. The van der Waals surface area contributed by atoms with Crippen LogP contribution >= 0.6 is 15.9 Å². The van der Waals surface area contributed by atoms with Crippen LogP contribution in [0.3, 0.4) is 0 Å². The molecule has 1 atom stereocenters. The van der Waals surface area contributed by atoms with E-state index in [1.54, 1.807) is 6.07 Å². The highest BCUT2D eigenvalue weighted by Gasteiger charge is 2.13. The van der Waals surface area contributed by atoms with Gasteiger partial charge in [-0.15, -0.1) is 0 Å². The zero-order valence-electron chi connectivity index (χ0n) is 15.2. The van der Waals surface area contributed by atoms with Gasteiger partial charge in [-0.3, -0.25) is 9.59 Å². The van der Waals surface area contributed by atoms with Crippen LogP contribution in [0.25, 0.3) is 10.9 Å². The molecular weight excluding hydrogens is 406 g/mol. The minimum atomic E-state index is -0.138. The largest absolute Gasteiger partial charge is 0.349 e. The Morgan fingerprint density at radius 3 is 2.67 bits per heavy atom. The quantitative estimate of drug-likeness (QED) is 0.590. The number of hydrogen-bond donors (Lipinski definition) is 2. The molecule has 6 heteroatoms. The number of H-pyrrole nitrogens is 1. The lowest BCUT2D eigenvalue weighted by molar-refractivity contribution is -0.122. The highest BCUT2D eigenvalue weighted by Crippen LogP contribution is 2.19. The molecule has 0 radical (unpaired) electrons. The molecule has 5 nitrogen and oxygen atoms in total. The van der Waals surface area contributed by atoms with Gasteiger partial charge in [0, 0.05) is 17.3 Å². The molecule has 1 amide bonds. The van der Waals surface area contributed by atoms with E-state index in [9.17, 15) is 9.59 Å². The van der Waals surface area contributed by atoms with Crippen LogP contribution in [-0.4, -0.2) is 15.9 Å². The third-order valence-electron chi connectivity index (χ3n) is 4.50. The van der Waals surface area contributed by atoms with Crippen LogP contribution in [0, 0.1) is 0 Å². The average molecular weight is 428 g/mol. The summed E-state index contributed by atoms with van der Waals surface area (Å²) in [4.78, 5) is 31.7. The Kier molecular flexibility index (Phi) is 6.40. The van der Waals surface area contributed by atoms with Crippen LogP contribution < -0.4 is 10.9 Å². The Balaban J connectivity index is 1.56. The van der Waals surface area contributed by atoms with Gasteiger partial charge < -0.3 is 10.3 Å². The molecule has 3 rings (SSSR count). The van der Waals surface area contributed by atoms with Crippen molar-refractivity contribution in [2.24, 2.45) is 0 Å². The molecule has 0 unspecified atom stereocenters. The summed E-state index contributed by atoms with van der Waals surface area (Å²) < 4.78 is 1.02. The number of nitrogens with zero attached hydrogens (tertiary/aromatic N) is 1. The smallest absolute Gasteiger partial charge is 0.258 e. The number of aryl methyl sites for hydroxylation is 1. The fraction of sp³-hybridized carbons (Fsp3) is 0.286. The van der Waals surface area contributed by atoms with E-state index in [4.69, 9.17) is 0 Å². The number of carbonyl (C=O) groups is 1. The maximum absolute atomic E-state index is 12.3. The Bertz CT molecular complexity index is 983. The monoisotopic (exact) mass is 427 g/mol. The molecule has 0 fully saturated rings. The van der Waals surface area contributed by atoms with Gasteiger partial charge in [-0.05, 0) is 42.7 Å². The van der Waals surface area contributed by atoms with Gasteiger partial charge in [-0.25, -0.2) is 4.98 Å². The van der Waals surface area contributed by atoms with E-state index in [0.29, 0.717) is 36.0 Å². The number of fused-ring (bicyclic) bond motifs is 1. The van der Waals surface area contributed by atoms with Crippen molar-refractivity contribution in [1.82, 2.24) is 15.3 Å². The molecule has 0 spiro atoms. The summed E-state index contributed by atoms with van der Waals surface area (Å²) in [7, 11) is 0. The Morgan fingerprint density at radius 1 is 1.19 bits per heavy atom. The van der Waals surface area contributed by atoms with Gasteiger partial charge in [0.25, 0.3) is 5.56 Å². The summed E-state index contributed by atoms with van der Waals surface area (Å²) in [6.07, 6.45) is 2.41. The van der Waals surface area contributed by atoms with Crippen LogP contribution in [0.2, 0.25) is 0 Å². The van der Waals surface area contributed by atoms with E-state index in [-0.39, 0.29) is 17.5 Å². The second-order valence-corrected chi connectivity index (χ2v) is 7.38. The molecule has 1 heterocycles. The summed E-state index contributed by atoms with van der Waals surface area (Å²) in [6.45, 7) is 2.05. The van der Waals surface area contributed by atoms with Gasteiger partial charge >= 0.3 is 0 Å². The van der Waals surface area contributed by atoms with Gasteiger partial charge in [-0.1, -0.05) is 47.1 Å². The number of hydrogen-bond acceptors (Lipinski definition) is 3. The predicted octanol–water partition coefficient (Wildman–Crippen LogP) is 4.28. The number of para-hydroxylation sites is 1. The maximum atomic E-state index is 12.3. The van der Waals surface area contributed by atoms with Crippen LogP contribution in [0.4, 0.5) is 0 Å². The van der Waals surface area contributed by atoms with Crippen molar-refractivity contribution in [3.63, 3.8) is 0 Å². The van der Waals surface area contributed by atoms with Gasteiger partial charge in [0.15, 0.2) is 0 Å². The minimum Gasteiger partial charge on any atom is -0.349 e. The van der Waals surface area contributed by atoms with Gasteiger partial charge in [0.05, 0.1) is 16.9 Å². The highest BCUT2D eigenvalue weighted by molar-refractivity contribution is 9.10. The van der Waals surface area contributed by atoms with Crippen LogP contribution in [0.5, 0.6) is 0 Å². The summed E-state index contributed by atoms with van der Waals surface area (Å²) >= 11 is 3.43. The number of nitrogens with one attached hydrogen (secondary N) is 2. The first-order valence-electron chi connectivity index (χ1n) is 9.09. The molecule has 2 N–H and O–H groups in total. The molecule has 140 valence electrons. The molecule has 0 aliphatic heterocycles. The van der Waals surface area contributed by atoms with E-state index < -0.39 is 0 Å². The summed E-state index contributed by atoms with van der Waals surface area (Å²) in [5, 5.41) is 3.67. The van der Waals surface area contributed by atoms with E-state index in [0.717, 1.165) is 16.5 Å². The lowest BCUT2D eigenvalue weighted by atomic mass is 10.0. The zero-order valence-corrected chi connectivity index (χ0v) is 16.8. The van der Waals surface area contributed by atoms with E-state index >= 15 is 0 Å². The third-order valence-corrected chi connectivity index (χ3v) is 5.02. The normalized spacial score (nSPS) is 12.1. The number of carbonyl (C=O) groups excluding carboxylic acids is 1. The molecular formula is C21H22BrN3O2. The zero-order chi connectivity index (χ0) is 19.2. The Morgan fingerprint density at radius 2 is 1.93 bits per heavy atom. The van der Waals surface area contributed by atoms with Gasteiger partial charge in [0.2, 0.25) is 5.91 Å². The fourth-order valence-corrected chi connectivity index (χ4v) is 3.32. The molecule has 0 aliphatic rings. The number of amides is 1. The molecule has 0 aliphatic carbocycles. The second kappa shape index (κ2) is 8.95. The number of halogens is 1. The molecule has 3 aromatic rings. The topological polar surface area (TPSA) is 74.8 Å². The van der Waals surface area contributed by atoms with Crippen molar-refractivity contribution in [2.45, 2.75) is 38.6 Å². The summed E-state index contributed by atoms with van der Waals surface area (Å²) in [6, 6.07) is 15.3. The Hall–Kier alpha value is -2.47. The van der Waals surface area contributed by atoms with E-state index in [2.05, 4.69) is 38.1 Å². The molecule has 2 aromatic carbocycles. The van der Waals surface area contributed by atoms with E-state index in [1.165, 1.54) is 0 Å². The maximum Gasteiger partial charge on any atom is 0.258 e. The van der Waals surface area contributed by atoms with Crippen molar-refractivity contribution < 1.29 is 4.79 Å². The van der Waals surface area contributed by atoms with Crippen LogP contribution in [0.1, 0.15) is 43.6 Å². The van der Waals surface area contributed by atoms with Crippen molar-refractivity contribution in [3.05, 3.63) is 74.7 Å². The minimum absolute atomic E-state index is 0.00389. The van der Waals surface area contributed by atoms with Gasteiger partial charge in [-0.2, -0.15) is 0 Å². The van der Waals surface area contributed by atoms with Crippen molar-refractivity contribution in [2.75, 3.05) is 0 Å². The fourth-order valence-electron chi connectivity index (χ4n) is 3.05. The van der Waals surface area contributed by atoms with Crippen molar-refractivity contribution in [3.8, 4) is 0 Å². The number of benzene rings is 2.